The molecule has 1 amide bonds. The number of aryl methyl sites for hydroxylation is 1. The van der Waals surface area contributed by atoms with Crippen molar-refractivity contribution in [3.63, 3.8) is 0 Å². The quantitative estimate of drug-likeness (QED) is 0.399. The van der Waals surface area contributed by atoms with E-state index in [4.69, 9.17) is 4.52 Å². The number of nitrogens with zero attached hydrogens (tertiary/aromatic N) is 3. The Morgan fingerprint density at radius 2 is 1.81 bits per heavy atom. The van der Waals surface area contributed by atoms with Crippen LogP contribution in [0.25, 0.3) is 11.4 Å². The molecule has 0 spiro atoms. The van der Waals surface area contributed by atoms with E-state index in [1.54, 1.807) is 0 Å². The molecule has 0 radical (unpaired) electrons. The summed E-state index contributed by atoms with van der Waals surface area (Å²) >= 11 is 0. The first kappa shape index (κ1) is 23.3. The van der Waals surface area contributed by atoms with Crippen LogP contribution in [0.3, 0.4) is 0 Å². The van der Waals surface area contributed by atoms with Crippen LogP contribution < -0.4 is 0 Å². The van der Waals surface area contributed by atoms with Crippen LogP contribution in [0.5, 0.6) is 0 Å². The first-order valence-corrected chi connectivity index (χ1v) is 12.1. The van der Waals surface area contributed by atoms with Crippen LogP contribution in [0.1, 0.15) is 82.6 Å². The predicted octanol–water partition coefficient (Wildman–Crippen LogP) is 6.35. The van der Waals surface area contributed by atoms with E-state index >= 15 is 0 Å². The van der Waals surface area contributed by atoms with Gasteiger partial charge in [0.15, 0.2) is 0 Å². The molecule has 6 nitrogen and oxygen atoms in total. The van der Waals surface area contributed by atoms with Crippen LogP contribution in [0, 0.1) is 5.92 Å². The van der Waals surface area contributed by atoms with Gasteiger partial charge in [-0.05, 0) is 37.2 Å². The van der Waals surface area contributed by atoms with Crippen molar-refractivity contribution < 1.29 is 14.4 Å². The Bertz CT molecular complexity index is 788. The molecular formula is C25H37N3O3. The minimum atomic E-state index is -0.844. The van der Waals surface area contributed by atoms with Gasteiger partial charge in [-0.2, -0.15) is 4.98 Å². The number of aromatic nitrogens is 2. The van der Waals surface area contributed by atoms with Crippen molar-refractivity contribution in [2.45, 2.75) is 84.0 Å². The zero-order chi connectivity index (χ0) is 21.9. The van der Waals surface area contributed by atoms with Gasteiger partial charge in [0.25, 0.3) is 0 Å². The van der Waals surface area contributed by atoms with E-state index in [0.29, 0.717) is 31.2 Å². The number of hydrogen-bond acceptors (Lipinski definition) is 4. The van der Waals surface area contributed by atoms with Crippen molar-refractivity contribution in [2.75, 3.05) is 13.1 Å². The molecule has 170 valence electrons. The first-order chi connectivity index (χ1) is 15.2. The third-order valence-corrected chi connectivity index (χ3v) is 6.25. The molecule has 1 atom stereocenters. The van der Waals surface area contributed by atoms with Crippen molar-refractivity contribution >= 4 is 6.09 Å². The highest BCUT2D eigenvalue weighted by atomic mass is 16.5. The lowest BCUT2D eigenvalue weighted by Gasteiger charge is -2.29. The highest BCUT2D eigenvalue weighted by Crippen LogP contribution is 2.23. The minimum absolute atomic E-state index is 0.243. The summed E-state index contributed by atoms with van der Waals surface area (Å²) in [6.45, 7) is 3.42. The second kappa shape index (κ2) is 12.5. The maximum atomic E-state index is 11.2. The number of carbonyl (C=O) groups is 1. The topological polar surface area (TPSA) is 79.5 Å². The van der Waals surface area contributed by atoms with Crippen LogP contribution in [0.2, 0.25) is 0 Å². The van der Waals surface area contributed by atoms with Gasteiger partial charge in [-0.15, -0.1) is 0 Å². The maximum Gasteiger partial charge on any atom is 0.407 e. The number of likely N-dealkylation sites (tertiary alicyclic amines) is 1. The zero-order valence-electron chi connectivity index (χ0n) is 18.9. The normalized spacial score (nSPS) is 16.5. The lowest BCUT2D eigenvalue weighted by atomic mass is 9.95. The van der Waals surface area contributed by atoms with E-state index in [9.17, 15) is 9.90 Å². The fraction of sp³-hybridized carbons (Fsp3) is 0.640. The van der Waals surface area contributed by atoms with Gasteiger partial charge in [-0.3, -0.25) is 0 Å². The number of carboxylic acid groups (broad SMARTS) is 1. The second-order valence-corrected chi connectivity index (χ2v) is 8.87. The highest BCUT2D eigenvalue weighted by molar-refractivity contribution is 5.65. The van der Waals surface area contributed by atoms with E-state index in [1.165, 1.54) is 61.8 Å². The van der Waals surface area contributed by atoms with Crippen molar-refractivity contribution in [2.24, 2.45) is 5.92 Å². The van der Waals surface area contributed by atoms with Crippen LogP contribution in [0.4, 0.5) is 4.79 Å². The molecular weight excluding hydrogens is 390 g/mol. The maximum absolute atomic E-state index is 11.2. The molecule has 1 N–H and O–H groups in total. The van der Waals surface area contributed by atoms with Crippen LogP contribution in [-0.2, 0) is 12.8 Å². The summed E-state index contributed by atoms with van der Waals surface area (Å²) in [5.74, 6) is 1.45. The number of piperidine rings is 1. The van der Waals surface area contributed by atoms with E-state index in [2.05, 4.69) is 41.3 Å². The number of unbranched alkanes of at least 4 members (excludes halogenated alkanes) is 7. The SMILES string of the molecule is CCCCCCCCCCc1ccc(-c2noc(C[C@@H]3CCCN(C(=O)O)C3)n2)cc1. The first-order valence-electron chi connectivity index (χ1n) is 12.1. The smallest absolute Gasteiger partial charge is 0.407 e. The molecule has 1 saturated heterocycles. The highest BCUT2D eigenvalue weighted by Gasteiger charge is 2.25. The summed E-state index contributed by atoms with van der Waals surface area (Å²) in [6.07, 6.45) is 13.5. The molecule has 2 heterocycles. The molecule has 2 aromatic rings. The van der Waals surface area contributed by atoms with Gasteiger partial charge in [0.2, 0.25) is 11.7 Å². The number of benzene rings is 1. The summed E-state index contributed by atoms with van der Waals surface area (Å²) in [7, 11) is 0. The fourth-order valence-electron chi connectivity index (χ4n) is 4.39. The van der Waals surface area contributed by atoms with E-state index in [1.807, 2.05) is 0 Å². The monoisotopic (exact) mass is 427 g/mol. The van der Waals surface area contributed by atoms with Crippen molar-refractivity contribution in [3.05, 3.63) is 35.7 Å². The van der Waals surface area contributed by atoms with E-state index in [0.717, 1.165) is 24.8 Å². The Morgan fingerprint density at radius 3 is 2.52 bits per heavy atom. The zero-order valence-corrected chi connectivity index (χ0v) is 18.9. The van der Waals surface area contributed by atoms with Gasteiger partial charge in [0.05, 0.1) is 0 Å². The summed E-state index contributed by atoms with van der Waals surface area (Å²) in [6, 6.07) is 8.47. The average Bonchev–Trinajstić information content (AvgIpc) is 3.24. The van der Waals surface area contributed by atoms with Gasteiger partial charge in [-0.1, -0.05) is 81.3 Å². The van der Waals surface area contributed by atoms with Gasteiger partial charge < -0.3 is 14.5 Å². The molecule has 1 aliphatic rings. The number of hydrogen-bond donors (Lipinski definition) is 1. The second-order valence-electron chi connectivity index (χ2n) is 8.87. The Balaban J connectivity index is 1.41. The summed E-state index contributed by atoms with van der Waals surface area (Å²) in [5, 5.41) is 13.3. The third-order valence-electron chi connectivity index (χ3n) is 6.25. The number of rotatable bonds is 12. The van der Waals surface area contributed by atoms with Crippen molar-refractivity contribution in [1.82, 2.24) is 15.0 Å². The van der Waals surface area contributed by atoms with Crippen LogP contribution in [-0.4, -0.2) is 39.3 Å². The fourth-order valence-corrected chi connectivity index (χ4v) is 4.39. The molecule has 0 unspecified atom stereocenters. The molecule has 6 heteroatoms. The summed E-state index contributed by atoms with van der Waals surface area (Å²) in [5.41, 5.74) is 2.32. The Morgan fingerprint density at radius 1 is 1.10 bits per heavy atom. The molecule has 0 saturated carbocycles. The van der Waals surface area contributed by atoms with Crippen LogP contribution in [0.15, 0.2) is 28.8 Å². The molecule has 1 aromatic carbocycles. The molecule has 0 bridgehead atoms. The predicted molar refractivity (Wildman–Crippen MR) is 122 cm³/mol. The van der Waals surface area contributed by atoms with Crippen molar-refractivity contribution in [1.29, 1.82) is 0 Å². The third kappa shape index (κ3) is 7.67. The number of amides is 1. The molecule has 1 fully saturated rings. The molecule has 3 rings (SSSR count). The van der Waals surface area contributed by atoms with Gasteiger partial charge in [-0.25, -0.2) is 4.79 Å². The summed E-state index contributed by atoms with van der Waals surface area (Å²) < 4.78 is 5.45. The minimum Gasteiger partial charge on any atom is -0.465 e. The average molecular weight is 428 g/mol. The Hall–Kier alpha value is -2.37. The Labute approximate surface area is 186 Å². The van der Waals surface area contributed by atoms with E-state index in [-0.39, 0.29) is 5.92 Å². The Kier molecular flexibility index (Phi) is 9.38. The standard InChI is InChI=1S/C25H37N3O3/c1-2-3-4-5-6-7-8-9-11-20-13-15-22(16-14-20)24-26-23(31-27-24)18-21-12-10-17-28(19-21)25(29)30/h13-16,21H,2-12,17-19H2,1H3,(H,29,30)/t21-/m0/s1. The molecule has 1 aliphatic heterocycles. The lowest BCUT2D eigenvalue weighted by Crippen LogP contribution is -2.39. The van der Waals surface area contributed by atoms with Crippen molar-refractivity contribution in [3.8, 4) is 11.4 Å². The molecule has 31 heavy (non-hydrogen) atoms. The largest absolute Gasteiger partial charge is 0.465 e. The van der Waals surface area contributed by atoms with Crippen LogP contribution >= 0.6 is 0 Å². The molecule has 1 aromatic heterocycles. The van der Waals surface area contributed by atoms with Gasteiger partial charge >= 0.3 is 6.09 Å². The summed E-state index contributed by atoms with van der Waals surface area (Å²) in [4.78, 5) is 17.2. The molecule has 0 aliphatic carbocycles. The van der Waals surface area contributed by atoms with E-state index < -0.39 is 6.09 Å². The van der Waals surface area contributed by atoms with Gasteiger partial charge in [0.1, 0.15) is 0 Å². The lowest BCUT2D eigenvalue weighted by molar-refractivity contribution is 0.118. The van der Waals surface area contributed by atoms with Gasteiger partial charge in [0, 0.05) is 25.1 Å².